The van der Waals surface area contributed by atoms with Gasteiger partial charge in [0.15, 0.2) is 0 Å². The zero-order valence-corrected chi connectivity index (χ0v) is 23.3. The van der Waals surface area contributed by atoms with Crippen LogP contribution in [0.15, 0.2) is 77.7 Å². The van der Waals surface area contributed by atoms with Crippen LogP contribution in [0.25, 0.3) is 0 Å². The molecule has 0 bridgehead atoms. The fraction of sp³-hybridized carbons (Fsp3) is 0.310. The number of hydrogen-bond donors (Lipinski definition) is 1. The van der Waals surface area contributed by atoms with Crippen LogP contribution in [0.5, 0.6) is 5.75 Å². The number of sulfonamides is 1. The van der Waals surface area contributed by atoms with Crippen LogP contribution in [0, 0.1) is 13.8 Å². The summed E-state index contributed by atoms with van der Waals surface area (Å²) in [7, 11) is -1.20. The van der Waals surface area contributed by atoms with Gasteiger partial charge >= 0.3 is 0 Å². The molecular weight excluding hydrogens is 502 g/mol. The molecule has 3 aromatic carbocycles. The molecule has 1 N–H and O–H groups in total. The van der Waals surface area contributed by atoms with Gasteiger partial charge in [0, 0.05) is 13.6 Å². The van der Waals surface area contributed by atoms with Crippen LogP contribution in [-0.2, 0) is 26.2 Å². The van der Waals surface area contributed by atoms with E-state index in [0.717, 1.165) is 21.0 Å². The minimum Gasteiger partial charge on any atom is -0.495 e. The Morgan fingerprint density at radius 1 is 0.947 bits per heavy atom. The lowest BCUT2D eigenvalue weighted by Crippen LogP contribution is -2.51. The van der Waals surface area contributed by atoms with E-state index in [9.17, 15) is 18.0 Å². The molecule has 3 rings (SSSR count). The first-order valence-electron chi connectivity index (χ1n) is 12.4. The standard InChI is InChI=1S/C29H35N3O5S/c1-6-25(29(34)30-4)31(19-23-11-9-10-22(3)18-23)28(33)20-32(26-12-7-8-13-27(26)37-5)38(35,36)24-16-14-21(2)15-17-24/h7-18,25H,6,19-20H2,1-5H3,(H,30,34). The van der Waals surface area contributed by atoms with E-state index < -0.39 is 28.5 Å². The largest absolute Gasteiger partial charge is 0.495 e. The molecule has 0 aromatic heterocycles. The van der Waals surface area contributed by atoms with E-state index in [4.69, 9.17) is 4.74 Å². The highest BCUT2D eigenvalue weighted by molar-refractivity contribution is 7.92. The van der Waals surface area contributed by atoms with Crippen LogP contribution >= 0.6 is 0 Å². The minimum atomic E-state index is -4.16. The number of ether oxygens (including phenoxy) is 1. The molecule has 2 amide bonds. The Balaban J connectivity index is 2.10. The minimum absolute atomic E-state index is 0.0467. The van der Waals surface area contributed by atoms with Crippen LogP contribution in [0.4, 0.5) is 5.69 Å². The molecule has 3 aromatic rings. The molecule has 0 aliphatic rings. The SMILES string of the molecule is CCC(C(=O)NC)N(Cc1cccc(C)c1)C(=O)CN(c1ccccc1OC)S(=O)(=O)c1ccc(C)cc1. The molecule has 9 heteroatoms. The molecule has 202 valence electrons. The summed E-state index contributed by atoms with van der Waals surface area (Å²) < 4.78 is 34.4. The number of nitrogens with one attached hydrogen (secondary N) is 1. The molecule has 0 heterocycles. The van der Waals surface area contributed by atoms with Crippen molar-refractivity contribution in [3.63, 3.8) is 0 Å². The molecule has 0 saturated heterocycles. The lowest BCUT2D eigenvalue weighted by atomic mass is 10.1. The summed E-state index contributed by atoms with van der Waals surface area (Å²) in [6, 6.07) is 20.0. The molecular formula is C29H35N3O5S. The van der Waals surface area contributed by atoms with Crippen molar-refractivity contribution >= 4 is 27.5 Å². The lowest BCUT2D eigenvalue weighted by Gasteiger charge is -2.33. The first-order chi connectivity index (χ1) is 18.1. The molecule has 0 aliphatic carbocycles. The van der Waals surface area contributed by atoms with Crippen molar-refractivity contribution in [2.45, 2.75) is 44.7 Å². The number of aryl methyl sites for hydroxylation is 2. The Labute approximate surface area is 225 Å². The van der Waals surface area contributed by atoms with Crippen LogP contribution in [-0.4, -0.2) is 51.9 Å². The molecule has 38 heavy (non-hydrogen) atoms. The summed E-state index contributed by atoms with van der Waals surface area (Å²) in [5.41, 5.74) is 2.99. The molecule has 0 aliphatic heterocycles. The maximum Gasteiger partial charge on any atom is 0.264 e. The van der Waals surface area contributed by atoms with E-state index in [-0.39, 0.29) is 23.0 Å². The maximum atomic E-state index is 14.0. The van der Waals surface area contributed by atoms with Gasteiger partial charge in [0.05, 0.1) is 17.7 Å². The highest BCUT2D eigenvalue weighted by Crippen LogP contribution is 2.32. The summed E-state index contributed by atoms with van der Waals surface area (Å²) in [4.78, 5) is 28.3. The number of carbonyl (C=O) groups is 2. The number of methoxy groups -OCH3 is 1. The topological polar surface area (TPSA) is 96.0 Å². The number of rotatable bonds is 11. The van der Waals surface area contributed by atoms with Gasteiger partial charge in [0.2, 0.25) is 11.8 Å². The lowest BCUT2D eigenvalue weighted by molar-refractivity contribution is -0.140. The summed E-state index contributed by atoms with van der Waals surface area (Å²) >= 11 is 0. The summed E-state index contributed by atoms with van der Waals surface area (Å²) in [5, 5.41) is 2.63. The summed E-state index contributed by atoms with van der Waals surface area (Å²) in [5.74, 6) is -0.526. The third-order valence-corrected chi connectivity index (χ3v) is 8.08. The van der Waals surface area contributed by atoms with Crippen molar-refractivity contribution in [3.8, 4) is 5.75 Å². The van der Waals surface area contributed by atoms with E-state index in [1.54, 1.807) is 36.4 Å². The number of nitrogens with zero attached hydrogens (tertiary/aromatic N) is 2. The van der Waals surface area contributed by atoms with Gasteiger partial charge in [0.25, 0.3) is 10.0 Å². The predicted octanol–water partition coefficient (Wildman–Crippen LogP) is 4.06. The van der Waals surface area contributed by atoms with Gasteiger partial charge < -0.3 is 15.0 Å². The molecule has 1 atom stereocenters. The monoisotopic (exact) mass is 537 g/mol. The van der Waals surface area contributed by atoms with Crippen molar-refractivity contribution in [2.75, 3.05) is 25.0 Å². The first kappa shape index (κ1) is 28.7. The van der Waals surface area contributed by atoms with E-state index in [0.29, 0.717) is 12.2 Å². The number of anilines is 1. The van der Waals surface area contributed by atoms with Gasteiger partial charge in [0.1, 0.15) is 18.3 Å². The second-order valence-corrected chi connectivity index (χ2v) is 10.9. The second-order valence-electron chi connectivity index (χ2n) is 9.05. The van der Waals surface area contributed by atoms with Crippen molar-refractivity contribution in [2.24, 2.45) is 0 Å². The van der Waals surface area contributed by atoms with Crippen molar-refractivity contribution in [1.82, 2.24) is 10.2 Å². The van der Waals surface area contributed by atoms with Crippen molar-refractivity contribution in [3.05, 3.63) is 89.5 Å². The quantitative estimate of drug-likeness (QED) is 0.398. The Morgan fingerprint density at radius 3 is 2.24 bits per heavy atom. The van der Waals surface area contributed by atoms with Gasteiger partial charge in [-0.25, -0.2) is 8.42 Å². The fourth-order valence-electron chi connectivity index (χ4n) is 4.28. The highest BCUT2D eigenvalue weighted by atomic mass is 32.2. The number of amides is 2. The Bertz CT molecular complexity index is 1370. The third kappa shape index (κ3) is 6.52. The molecule has 0 saturated carbocycles. The van der Waals surface area contributed by atoms with E-state index in [1.165, 1.54) is 31.2 Å². The molecule has 1 unspecified atom stereocenters. The smallest absolute Gasteiger partial charge is 0.264 e. The zero-order valence-electron chi connectivity index (χ0n) is 22.5. The normalized spacial score (nSPS) is 11.9. The van der Waals surface area contributed by atoms with Gasteiger partial charge in [-0.05, 0) is 50.1 Å². The third-order valence-electron chi connectivity index (χ3n) is 6.31. The number of hydrogen-bond acceptors (Lipinski definition) is 5. The van der Waals surface area contributed by atoms with Gasteiger partial charge in [-0.15, -0.1) is 0 Å². The summed E-state index contributed by atoms with van der Waals surface area (Å²) in [6.45, 7) is 5.26. The van der Waals surface area contributed by atoms with Crippen LogP contribution in [0.2, 0.25) is 0 Å². The average Bonchev–Trinajstić information content (AvgIpc) is 2.91. The second kappa shape index (κ2) is 12.6. The zero-order chi connectivity index (χ0) is 27.9. The Hall–Kier alpha value is -3.85. The van der Waals surface area contributed by atoms with Crippen molar-refractivity contribution < 1.29 is 22.7 Å². The number of para-hydroxylation sites is 2. The Morgan fingerprint density at radius 2 is 1.63 bits per heavy atom. The number of likely N-dealkylation sites (N-methyl/N-ethyl adjacent to an activating group) is 1. The van der Waals surface area contributed by atoms with Crippen LogP contribution < -0.4 is 14.4 Å². The maximum absolute atomic E-state index is 14.0. The predicted molar refractivity (Wildman–Crippen MR) is 149 cm³/mol. The van der Waals surface area contributed by atoms with E-state index >= 15 is 0 Å². The van der Waals surface area contributed by atoms with Crippen molar-refractivity contribution in [1.29, 1.82) is 0 Å². The molecule has 8 nitrogen and oxygen atoms in total. The molecule has 0 fully saturated rings. The van der Waals surface area contributed by atoms with E-state index in [2.05, 4.69) is 5.32 Å². The molecule has 0 radical (unpaired) electrons. The Kier molecular flexibility index (Phi) is 9.52. The molecule has 0 spiro atoms. The van der Waals surface area contributed by atoms with Gasteiger partial charge in [-0.2, -0.15) is 0 Å². The average molecular weight is 538 g/mol. The van der Waals surface area contributed by atoms with Crippen LogP contribution in [0.1, 0.15) is 30.0 Å². The van der Waals surface area contributed by atoms with Crippen LogP contribution in [0.3, 0.4) is 0 Å². The number of carbonyl (C=O) groups excluding carboxylic acids is 2. The van der Waals surface area contributed by atoms with Gasteiger partial charge in [-0.1, -0.05) is 66.6 Å². The number of benzene rings is 3. The van der Waals surface area contributed by atoms with Gasteiger partial charge in [-0.3, -0.25) is 13.9 Å². The highest BCUT2D eigenvalue weighted by Gasteiger charge is 2.34. The fourth-order valence-corrected chi connectivity index (χ4v) is 5.70. The first-order valence-corrected chi connectivity index (χ1v) is 13.8. The summed E-state index contributed by atoms with van der Waals surface area (Å²) in [6.07, 6.45) is 0.358. The van der Waals surface area contributed by atoms with E-state index in [1.807, 2.05) is 45.0 Å².